The summed E-state index contributed by atoms with van der Waals surface area (Å²) in [6.45, 7) is 0.480. The highest BCUT2D eigenvalue weighted by Gasteiger charge is 2.09. The van der Waals surface area contributed by atoms with E-state index >= 15 is 0 Å². The Kier molecular flexibility index (Phi) is 6.52. The molecule has 0 saturated heterocycles. The predicted octanol–water partition coefficient (Wildman–Crippen LogP) is 3.91. The number of nitrogens with zero attached hydrogens (tertiary/aromatic N) is 1. The molecule has 0 aliphatic heterocycles. The molecule has 29 heavy (non-hydrogen) atoms. The SMILES string of the molecule is COC(=O)c1ccc(NC(=O)c2ccnc(NCCc3ccccc3F)c2)cc1. The van der Waals surface area contributed by atoms with Crippen LogP contribution >= 0.6 is 0 Å². The van der Waals surface area contributed by atoms with Gasteiger partial charge in [-0.1, -0.05) is 18.2 Å². The number of anilines is 2. The molecule has 2 N–H and O–H groups in total. The number of hydrogen-bond donors (Lipinski definition) is 2. The van der Waals surface area contributed by atoms with E-state index in [4.69, 9.17) is 0 Å². The first-order valence-corrected chi connectivity index (χ1v) is 9.00. The van der Waals surface area contributed by atoms with E-state index in [0.29, 0.717) is 41.2 Å². The van der Waals surface area contributed by atoms with Crippen LogP contribution in [0.25, 0.3) is 0 Å². The van der Waals surface area contributed by atoms with Crippen molar-refractivity contribution in [3.05, 3.63) is 89.4 Å². The van der Waals surface area contributed by atoms with E-state index in [1.54, 1.807) is 54.6 Å². The van der Waals surface area contributed by atoms with Crippen LogP contribution < -0.4 is 10.6 Å². The second kappa shape index (κ2) is 9.45. The lowest BCUT2D eigenvalue weighted by Crippen LogP contribution is -2.13. The number of hydrogen-bond acceptors (Lipinski definition) is 5. The molecule has 0 saturated carbocycles. The number of amides is 1. The zero-order valence-corrected chi connectivity index (χ0v) is 15.8. The van der Waals surface area contributed by atoms with Crippen molar-refractivity contribution in [2.24, 2.45) is 0 Å². The molecule has 1 aromatic heterocycles. The molecular formula is C22H20FN3O3. The molecule has 0 atom stereocenters. The predicted molar refractivity (Wildman–Crippen MR) is 109 cm³/mol. The summed E-state index contributed by atoms with van der Waals surface area (Å²) in [6.07, 6.45) is 2.03. The van der Waals surface area contributed by atoms with Crippen LogP contribution in [-0.4, -0.2) is 30.5 Å². The lowest BCUT2D eigenvalue weighted by Gasteiger charge is -2.09. The summed E-state index contributed by atoms with van der Waals surface area (Å²) < 4.78 is 18.3. The first-order chi connectivity index (χ1) is 14.1. The van der Waals surface area contributed by atoms with Crippen molar-refractivity contribution in [1.82, 2.24) is 4.98 Å². The lowest BCUT2D eigenvalue weighted by molar-refractivity contribution is 0.0600. The Morgan fingerprint density at radius 2 is 1.79 bits per heavy atom. The van der Waals surface area contributed by atoms with Gasteiger partial charge in [-0.2, -0.15) is 0 Å². The van der Waals surface area contributed by atoms with Crippen molar-refractivity contribution < 1.29 is 18.7 Å². The summed E-state index contributed by atoms with van der Waals surface area (Å²) in [7, 11) is 1.31. The highest BCUT2D eigenvalue weighted by Crippen LogP contribution is 2.14. The van der Waals surface area contributed by atoms with Gasteiger partial charge in [-0.25, -0.2) is 14.2 Å². The minimum atomic E-state index is -0.442. The summed E-state index contributed by atoms with van der Waals surface area (Å²) in [6, 6.07) is 16.2. The number of esters is 1. The topological polar surface area (TPSA) is 80.3 Å². The van der Waals surface area contributed by atoms with Crippen LogP contribution in [0.4, 0.5) is 15.9 Å². The summed E-state index contributed by atoms with van der Waals surface area (Å²) in [5.41, 5.74) is 1.99. The Morgan fingerprint density at radius 3 is 2.52 bits per heavy atom. The van der Waals surface area contributed by atoms with Crippen LogP contribution in [0, 0.1) is 5.82 Å². The van der Waals surface area contributed by atoms with Gasteiger partial charge in [0, 0.05) is 24.0 Å². The Hall–Kier alpha value is -3.74. The van der Waals surface area contributed by atoms with Crippen LogP contribution in [0.3, 0.4) is 0 Å². The van der Waals surface area contributed by atoms with Crippen molar-refractivity contribution in [2.45, 2.75) is 6.42 Å². The van der Waals surface area contributed by atoms with Crippen molar-refractivity contribution in [3.63, 3.8) is 0 Å². The number of halogens is 1. The van der Waals surface area contributed by atoms with Gasteiger partial charge in [0.1, 0.15) is 11.6 Å². The average molecular weight is 393 g/mol. The quantitative estimate of drug-likeness (QED) is 0.595. The number of carbonyl (C=O) groups is 2. The van der Waals surface area contributed by atoms with Gasteiger partial charge in [0.15, 0.2) is 0 Å². The van der Waals surface area contributed by atoms with Gasteiger partial charge in [-0.05, 0) is 54.4 Å². The largest absolute Gasteiger partial charge is 0.465 e. The van der Waals surface area contributed by atoms with Crippen LogP contribution in [0.5, 0.6) is 0 Å². The molecule has 6 nitrogen and oxygen atoms in total. The number of methoxy groups -OCH3 is 1. The Morgan fingerprint density at radius 1 is 1.03 bits per heavy atom. The maximum Gasteiger partial charge on any atom is 0.337 e. The lowest BCUT2D eigenvalue weighted by atomic mass is 10.1. The fraction of sp³-hybridized carbons (Fsp3) is 0.136. The molecule has 0 spiro atoms. The van der Waals surface area contributed by atoms with Gasteiger partial charge < -0.3 is 15.4 Å². The molecule has 148 valence electrons. The van der Waals surface area contributed by atoms with Gasteiger partial charge >= 0.3 is 5.97 Å². The number of benzene rings is 2. The summed E-state index contributed by atoms with van der Waals surface area (Å²) in [5.74, 6) is -0.470. The monoisotopic (exact) mass is 393 g/mol. The average Bonchev–Trinajstić information content (AvgIpc) is 2.75. The number of aromatic nitrogens is 1. The molecule has 0 aliphatic rings. The maximum absolute atomic E-state index is 13.7. The van der Waals surface area contributed by atoms with Crippen LogP contribution in [-0.2, 0) is 11.2 Å². The molecular weight excluding hydrogens is 373 g/mol. The molecule has 0 radical (unpaired) electrons. The van der Waals surface area contributed by atoms with E-state index < -0.39 is 5.97 Å². The van der Waals surface area contributed by atoms with Crippen LogP contribution in [0.2, 0.25) is 0 Å². The highest BCUT2D eigenvalue weighted by atomic mass is 19.1. The summed E-state index contributed by atoms with van der Waals surface area (Å²) in [4.78, 5) is 28.1. The third kappa shape index (κ3) is 5.38. The first kappa shape index (κ1) is 20.0. The fourth-order valence-electron chi connectivity index (χ4n) is 2.71. The van der Waals surface area contributed by atoms with Crippen molar-refractivity contribution in [2.75, 3.05) is 24.3 Å². The molecule has 0 unspecified atom stereocenters. The number of pyridine rings is 1. The van der Waals surface area contributed by atoms with Gasteiger partial charge in [0.25, 0.3) is 5.91 Å². The number of carbonyl (C=O) groups excluding carboxylic acids is 2. The Balaban J connectivity index is 1.59. The second-order valence-electron chi connectivity index (χ2n) is 6.22. The van der Waals surface area contributed by atoms with E-state index in [0.717, 1.165) is 0 Å². The number of rotatable bonds is 7. The summed E-state index contributed by atoms with van der Waals surface area (Å²) in [5, 5.41) is 5.86. The minimum Gasteiger partial charge on any atom is -0.465 e. The minimum absolute atomic E-state index is 0.242. The van der Waals surface area contributed by atoms with E-state index in [-0.39, 0.29) is 11.7 Å². The fourth-order valence-corrected chi connectivity index (χ4v) is 2.71. The number of nitrogens with one attached hydrogen (secondary N) is 2. The van der Waals surface area contributed by atoms with Crippen molar-refractivity contribution in [3.8, 4) is 0 Å². The third-order valence-electron chi connectivity index (χ3n) is 4.24. The zero-order chi connectivity index (χ0) is 20.6. The molecule has 1 amide bonds. The second-order valence-corrected chi connectivity index (χ2v) is 6.22. The van der Waals surface area contributed by atoms with E-state index in [2.05, 4.69) is 20.4 Å². The van der Waals surface area contributed by atoms with Gasteiger partial charge in [-0.3, -0.25) is 4.79 Å². The summed E-state index contributed by atoms with van der Waals surface area (Å²) >= 11 is 0. The molecule has 3 aromatic rings. The van der Waals surface area contributed by atoms with Crippen LogP contribution in [0.15, 0.2) is 66.9 Å². The maximum atomic E-state index is 13.7. The van der Waals surface area contributed by atoms with Crippen molar-refractivity contribution in [1.29, 1.82) is 0 Å². The molecule has 3 rings (SSSR count). The standard InChI is InChI=1S/C22H20FN3O3/c1-29-22(28)16-6-8-18(9-7-16)26-21(27)17-11-13-25-20(14-17)24-12-10-15-4-2-3-5-19(15)23/h2-9,11,13-14H,10,12H2,1H3,(H,24,25)(H,26,27). The van der Waals surface area contributed by atoms with E-state index in [1.165, 1.54) is 19.4 Å². The Bertz CT molecular complexity index is 1010. The molecule has 7 heteroatoms. The molecule has 0 aliphatic carbocycles. The van der Waals surface area contributed by atoms with Gasteiger partial charge in [-0.15, -0.1) is 0 Å². The third-order valence-corrected chi connectivity index (χ3v) is 4.24. The molecule has 2 aromatic carbocycles. The smallest absolute Gasteiger partial charge is 0.337 e. The normalized spacial score (nSPS) is 10.3. The van der Waals surface area contributed by atoms with E-state index in [1.807, 2.05) is 0 Å². The van der Waals surface area contributed by atoms with E-state index in [9.17, 15) is 14.0 Å². The first-order valence-electron chi connectivity index (χ1n) is 9.00. The number of ether oxygens (including phenoxy) is 1. The zero-order valence-electron chi connectivity index (χ0n) is 15.8. The highest BCUT2D eigenvalue weighted by molar-refractivity contribution is 6.04. The van der Waals surface area contributed by atoms with Gasteiger partial charge in [0.05, 0.1) is 12.7 Å². The van der Waals surface area contributed by atoms with Crippen molar-refractivity contribution >= 4 is 23.4 Å². The molecule has 1 heterocycles. The Labute approximate surface area is 167 Å². The molecule has 0 fully saturated rings. The molecule has 0 bridgehead atoms. The van der Waals surface area contributed by atoms with Crippen LogP contribution in [0.1, 0.15) is 26.3 Å². The van der Waals surface area contributed by atoms with Gasteiger partial charge in [0.2, 0.25) is 0 Å².